The van der Waals surface area contributed by atoms with E-state index >= 15 is 0 Å². The molecule has 0 bridgehead atoms. The molecule has 16 heavy (non-hydrogen) atoms. The number of amides is 1. The number of carbonyl (C=O) groups excluding carboxylic acids is 1. The largest absolute Gasteiger partial charge is 0.479 e. The minimum atomic E-state index is -2.04. The van der Waals surface area contributed by atoms with Crippen molar-refractivity contribution in [2.24, 2.45) is 11.5 Å². The average Bonchev–Trinajstić information content (AvgIpc) is 2.18. The molecular weight excluding hydrogens is 232 g/mol. The van der Waals surface area contributed by atoms with Gasteiger partial charge in [0.1, 0.15) is 0 Å². The van der Waals surface area contributed by atoms with Crippen LogP contribution in [0.2, 0.25) is 0 Å². The third-order valence-electron chi connectivity index (χ3n) is 2.15. The van der Waals surface area contributed by atoms with Crippen molar-refractivity contribution in [2.75, 3.05) is 0 Å². The number of carboxylic acid groups (broad SMARTS) is 1. The molecule has 0 aromatic heterocycles. The molecule has 88 valence electrons. The molecule has 1 unspecified atom stereocenters. The van der Waals surface area contributed by atoms with Crippen molar-refractivity contribution in [3.63, 3.8) is 0 Å². The van der Waals surface area contributed by atoms with Gasteiger partial charge in [0.15, 0.2) is 5.54 Å². The van der Waals surface area contributed by atoms with Gasteiger partial charge in [0, 0.05) is 6.42 Å². The second-order valence-electron chi connectivity index (χ2n) is 3.30. The first kappa shape index (κ1) is 14.4. The molecule has 0 saturated carbocycles. The van der Waals surface area contributed by atoms with Gasteiger partial charge in [0.05, 0.1) is 0 Å². The normalized spacial score (nSPS) is 13.3. The van der Waals surface area contributed by atoms with Crippen molar-refractivity contribution < 1.29 is 14.7 Å². The van der Waals surface area contributed by atoms with Crippen LogP contribution in [-0.2, 0) is 16.0 Å². The maximum Gasteiger partial charge on any atom is 0.333 e. The summed E-state index contributed by atoms with van der Waals surface area (Å²) in [7, 11) is 0. The molecule has 0 spiro atoms. The van der Waals surface area contributed by atoms with E-state index in [4.69, 9.17) is 16.6 Å². The highest BCUT2D eigenvalue weighted by molar-refractivity contribution is 6.05. The van der Waals surface area contributed by atoms with Gasteiger partial charge >= 0.3 is 5.97 Å². The summed E-state index contributed by atoms with van der Waals surface area (Å²) in [6, 6.07) is 8.63. The number of nitrogens with two attached hydrogens (primary N) is 2. The summed E-state index contributed by atoms with van der Waals surface area (Å²) in [6.07, 6.45) is -0.113. The molecule has 0 aliphatic heterocycles. The highest BCUT2D eigenvalue weighted by atomic mass is 35.5. The van der Waals surface area contributed by atoms with Gasteiger partial charge in [-0.15, -0.1) is 12.4 Å². The molecule has 0 heterocycles. The van der Waals surface area contributed by atoms with Crippen molar-refractivity contribution in [3.8, 4) is 0 Å². The topological polar surface area (TPSA) is 106 Å². The van der Waals surface area contributed by atoms with Crippen molar-refractivity contribution >= 4 is 24.3 Å². The van der Waals surface area contributed by atoms with Crippen LogP contribution in [0, 0.1) is 0 Å². The fourth-order valence-electron chi connectivity index (χ4n) is 1.19. The van der Waals surface area contributed by atoms with E-state index in [1.54, 1.807) is 30.3 Å². The molecule has 0 saturated heterocycles. The fraction of sp³-hybridized carbons (Fsp3) is 0.200. The highest BCUT2D eigenvalue weighted by Crippen LogP contribution is 2.11. The summed E-state index contributed by atoms with van der Waals surface area (Å²) in [4.78, 5) is 21.8. The third kappa shape index (κ3) is 2.95. The molecule has 0 aliphatic rings. The number of primary amides is 1. The lowest BCUT2D eigenvalue weighted by Crippen LogP contribution is -2.59. The number of hydrogen-bond donors (Lipinski definition) is 3. The van der Waals surface area contributed by atoms with Crippen LogP contribution in [0.15, 0.2) is 30.3 Å². The molecular formula is C10H13ClN2O3. The third-order valence-corrected chi connectivity index (χ3v) is 2.15. The minimum absolute atomic E-state index is 0. The smallest absolute Gasteiger partial charge is 0.333 e. The molecule has 6 heteroatoms. The minimum Gasteiger partial charge on any atom is -0.479 e. The van der Waals surface area contributed by atoms with Crippen LogP contribution in [0.5, 0.6) is 0 Å². The number of halogens is 1. The van der Waals surface area contributed by atoms with Crippen molar-refractivity contribution in [2.45, 2.75) is 12.0 Å². The van der Waals surface area contributed by atoms with Crippen LogP contribution in [0.3, 0.4) is 0 Å². The number of benzene rings is 1. The zero-order valence-electron chi connectivity index (χ0n) is 8.42. The Kier molecular flexibility index (Phi) is 4.94. The highest BCUT2D eigenvalue weighted by Gasteiger charge is 2.40. The van der Waals surface area contributed by atoms with Gasteiger partial charge in [-0.3, -0.25) is 4.79 Å². The maximum atomic E-state index is 11.0. The quantitative estimate of drug-likeness (QED) is 0.644. The number of aliphatic carboxylic acids is 1. The van der Waals surface area contributed by atoms with Crippen LogP contribution in [0.1, 0.15) is 5.56 Å². The van der Waals surface area contributed by atoms with Crippen LogP contribution < -0.4 is 11.5 Å². The van der Waals surface area contributed by atoms with E-state index in [0.717, 1.165) is 0 Å². The second kappa shape index (κ2) is 5.48. The summed E-state index contributed by atoms with van der Waals surface area (Å²) >= 11 is 0. The molecule has 1 aromatic carbocycles. The van der Waals surface area contributed by atoms with E-state index in [2.05, 4.69) is 0 Å². The first-order chi connectivity index (χ1) is 6.97. The summed E-state index contributed by atoms with van der Waals surface area (Å²) in [6.45, 7) is 0. The van der Waals surface area contributed by atoms with Crippen LogP contribution in [0.4, 0.5) is 0 Å². The van der Waals surface area contributed by atoms with E-state index in [9.17, 15) is 9.59 Å². The Hall–Kier alpha value is -1.59. The number of hydrogen-bond acceptors (Lipinski definition) is 3. The van der Waals surface area contributed by atoms with Gasteiger partial charge in [-0.2, -0.15) is 0 Å². The first-order valence-electron chi connectivity index (χ1n) is 4.33. The molecule has 1 amide bonds. The number of carboxylic acids is 1. The van der Waals surface area contributed by atoms with Gasteiger partial charge in [-0.05, 0) is 5.56 Å². The average molecular weight is 245 g/mol. The molecule has 1 rings (SSSR count). The van der Waals surface area contributed by atoms with E-state index in [0.29, 0.717) is 5.56 Å². The zero-order chi connectivity index (χ0) is 11.5. The Morgan fingerprint density at radius 1 is 1.25 bits per heavy atom. The lowest BCUT2D eigenvalue weighted by atomic mass is 9.91. The molecule has 5 nitrogen and oxygen atoms in total. The summed E-state index contributed by atoms with van der Waals surface area (Å²) in [5.74, 6) is -2.46. The maximum absolute atomic E-state index is 11.0. The van der Waals surface area contributed by atoms with Crippen LogP contribution >= 0.6 is 12.4 Å². The number of carbonyl (C=O) groups is 2. The molecule has 1 aromatic rings. The van der Waals surface area contributed by atoms with Crippen molar-refractivity contribution in [1.82, 2.24) is 0 Å². The summed E-state index contributed by atoms with van der Waals surface area (Å²) in [5, 5.41) is 8.84. The van der Waals surface area contributed by atoms with Crippen LogP contribution in [0.25, 0.3) is 0 Å². The predicted octanol–water partition coefficient (Wildman–Crippen LogP) is -0.0817. The Labute approximate surface area is 98.8 Å². The molecule has 5 N–H and O–H groups in total. The van der Waals surface area contributed by atoms with Crippen LogP contribution in [-0.4, -0.2) is 22.5 Å². The Bertz CT molecular complexity index is 367. The summed E-state index contributed by atoms with van der Waals surface area (Å²) in [5.41, 5.74) is 9.03. The molecule has 0 aliphatic carbocycles. The van der Waals surface area contributed by atoms with Crippen molar-refractivity contribution in [3.05, 3.63) is 35.9 Å². The molecule has 0 radical (unpaired) electrons. The lowest BCUT2D eigenvalue weighted by Gasteiger charge is -2.20. The van der Waals surface area contributed by atoms with E-state index in [-0.39, 0.29) is 18.8 Å². The Morgan fingerprint density at radius 3 is 2.12 bits per heavy atom. The SMILES string of the molecule is Cl.NC(=O)C(N)(Cc1ccccc1)C(=O)O. The predicted molar refractivity (Wildman–Crippen MR) is 61.1 cm³/mol. The van der Waals surface area contributed by atoms with Gasteiger partial charge in [0.25, 0.3) is 0 Å². The lowest BCUT2D eigenvalue weighted by molar-refractivity contribution is -0.147. The van der Waals surface area contributed by atoms with E-state index in [1.807, 2.05) is 0 Å². The van der Waals surface area contributed by atoms with Gasteiger partial charge < -0.3 is 16.6 Å². The van der Waals surface area contributed by atoms with Gasteiger partial charge in [-0.1, -0.05) is 30.3 Å². The molecule has 0 fully saturated rings. The summed E-state index contributed by atoms with van der Waals surface area (Å²) < 4.78 is 0. The second-order valence-corrected chi connectivity index (χ2v) is 3.30. The Morgan fingerprint density at radius 2 is 1.75 bits per heavy atom. The monoisotopic (exact) mass is 244 g/mol. The van der Waals surface area contributed by atoms with Gasteiger partial charge in [0.2, 0.25) is 5.91 Å². The number of rotatable bonds is 4. The zero-order valence-corrected chi connectivity index (χ0v) is 9.24. The Balaban J connectivity index is 0.00000225. The van der Waals surface area contributed by atoms with E-state index in [1.165, 1.54) is 0 Å². The van der Waals surface area contributed by atoms with Gasteiger partial charge in [-0.25, -0.2) is 4.79 Å². The fourth-order valence-corrected chi connectivity index (χ4v) is 1.19. The van der Waals surface area contributed by atoms with Crippen molar-refractivity contribution in [1.29, 1.82) is 0 Å². The standard InChI is InChI=1S/C10H12N2O3.ClH/c11-8(13)10(12,9(14)15)6-7-4-2-1-3-5-7;/h1-5H,6,12H2,(H2,11,13)(H,14,15);1H. The first-order valence-corrected chi connectivity index (χ1v) is 4.33. The molecule has 1 atom stereocenters. The van der Waals surface area contributed by atoms with E-state index < -0.39 is 17.4 Å².